The summed E-state index contributed by atoms with van der Waals surface area (Å²) < 4.78 is 0. The van der Waals surface area contributed by atoms with Gasteiger partial charge in [0, 0.05) is 4.88 Å². The fraction of sp³-hybridized carbons (Fsp3) is 0.450. The van der Waals surface area contributed by atoms with Crippen LogP contribution in [0.3, 0.4) is 0 Å². The molecule has 1 saturated heterocycles. The molecule has 0 aliphatic carbocycles. The summed E-state index contributed by atoms with van der Waals surface area (Å²) in [7, 11) is 0. The van der Waals surface area contributed by atoms with E-state index in [4.69, 9.17) is 0 Å². The van der Waals surface area contributed by atoms with Gasteiger partial charge in [0.1, 0.15) is 0 Å². The summed E-state index contributed by atoms with van der Waals surface area (Å²) in [6.07, 6.45) is 4.87. The van der Waals surface area contributed by atoms with E-state index in [-0.39, 0.29) is 5.91 Å². The van der Waals surface area contributed by atoms with Gasteiger partial charge in [-0.3, -0.25) is 9.69 Å². The van der Waals surface area contributed by atoms with Gasteiger partial charge in [-0.25, -0.2) is 0 Å². The molecule has 1 aromatic heterocycles. The molecule has 0 atom stereocenters. The third-order valence-electron chi connectivity index (χ3n) is 4.80. The largest absolute Gasteiger partial charge is 0.350 e. The highest BCUT2D eigenvalue weighted by molar-refractivity contribution is 7.09. The van der Waals surface area contributed by atoms with Crippen molar-refractivity contribution < 1.29 is 4.79 Å². The zero-order chi connectivity index (χ0) is 16.6. The van der Waals surface area contributed by atoms with Crippen molar-refractivity contribution in [2.45, 2.75) is 32.2 Å². The highest BCUT2D eigenvalue weighted by Gasteiger charge is 2.20. The first-order chi connectivity index (χ1) is 11.8. The number of benzene rings is 1. The Morgan fingerprint density at radius 1 is 1.12 bits per heavy atom. The maximum Gasteiger partial charge on any atom is 0.234 e. The van der Waals surface area contributed by atoms with E-state index in [1.807, 2.05) is 11.4 Å². The van der Waals surface area contributed by atoms with E-state index in [0.29, 0.717) is 13.1 Å². The van der Waals surface area contributed by atoms with E-state index in [0.717, 1.165) is 19.0 Å². The summed E-state index contributed by atoms with van der Waals surface area (Å²) in [5, 5.41) is 5.06. The Morgan fingerprint density at radius 3 is 2.62 bits per heavy atom. The Labute approximate surface area is 148 Å². The van der Waals surface area contributed by atoms with Gasteiger partial charge in [-0.15, -0.1) is 11.3 Å². The molecule has 1 fully saturated rings. The number of amides is 1. The number of likely N-dealkylation sites (tertiary alicyclic amines) is 1. The monoisotopic (exact) mass is 342 g/mol. The Bertz CT molecular complexity index is 604. The third-order valence-corrected chi connectivity index (χ3v) is 5.67. The molecule has 3 nitrogen and oxygen atoms in total. The summed E-state index contributed by atoms with van der Waals surface area (Å²) in [5.74, 6) is 0.946. The van der Waals surface area contributed by atoms with Crippen LogP contribution < -0.4 is 5.32 Å². The molecule has 0 radical (unpaired) electrons. The smallest absolute Gasteiger partial charge is 0.234 e. The SMILES string of the molecule is O=C(CN1CCC(CCc2ccccc2)CC1)NCc1cccs1. The first kappa shape index (κ1) is 17.2. The minimum atomic E-state index is 0.145. The molecule has 0 saturated carbocycles. The van der Waals surface area contributed by atoms with Crippen molar-refractivity contribution in [2.75, 3.05) is 19.6 Å². The summed E-state index contributed by atoms with van der Waals surface area (Å²) in [5.41, 5.74) is 1.44. The number of carbonyl (C=O) groups excluding carboxylic acids is 1. The van der Waals surface area contributed by atoms with Crippen LogP contribution in [0.1, 0.15) is 29.7 Å². The minimum absolute atomic E-state index is 0.145. The van der Waals surface area contributed by atoms with Crippen molar-refractivity contribution >= 4 is 17.2 Å². The van der Waals surface area contributed by atoms with Crippen LogP contribution in [0, 0.1) is 5.92 Å². The van der Waals surface area contributed by atoms with E-state index < -0.39 is 0 Å². The number of aryl methyl sites for hydroxylation is 1. The van der Waals surface area contributed by atoms with Crippen LogP contribution in [0.25, 0.3) is 0 Å². The van der Waals surface area contributed by atoms with Crippen molar-refractivity contribution in [1.82, 2.24) is 10.2 Å². The fourth-order valence-electron chi connectivity index (χ4n) is 3.31. The Morgan fingerprint density at radius 2 is 1.92 bits per heavy atom. The second kappa shape index (κ2) is 9.00. The Hall–Kier alpha value is -1.65. The molecule has 3 rings (SSSR count). The van der Waals surface area contributed by atoms with Gasteiger partial charge in [0.2, 0.25) is 5.91 Å². The summed E-state index contributed by atoms with van der Waals surface area (Å²) in [6.45, 7) is 3.29. The minimum Gasteiger partial charge on any atom is -0.350 e. The lowest BCUT2D eigenvalue weighted by Gasteiger charge is -2.31. The summed E-state index contributed by atoms with van der Waals surface area (Å²) >= 11 is 1.69. The fourth-order valence-corrected chi connectivity index (χ4v) is 3.95. The van der Waals surface area contributed by atoms with Crippen molar-refractivity contribution in [3.63, 3.8) is 0 Å². The number of rotatable bonds is 7. The van der Waals surface area contributed by atoms with Crippen LogP contribution in [0.2, 0.25) is 0 Å². The molecule has 0 spiro atoms. The van der Waals surface area contributed by atoms with E-state index >= 15 is 0 Å². The van der Waals surface area contributed by atoms with Crippen molar-refractivity contribution in [3.8, 4) is 0 Å². The Balaban J connectivity index is 1.32. The van der Waals surface area contributed by atoms with Crippen molar-refractivity contribution in [2.24, 2.45) is 5.92 Å². The van der Waals surface area contributed by atoms with Gasteiger partial charge < -0.3 is 5.32 Å². The Kier molecular flexibility index (Phi) is 6.44. The van der Waals surface area contributed by atoms with Gasteiger partial charge in [-0.1, -0.05) is 36.4 Å². The predicted octanol–water partition coefficient (Wildman–Crippen LogP) is 3.71. The first-order valence-electron chi connectivity index (χ1n) is 8.85. The van der Waals surface area contributed by atoms with E-state index in [9.17, 15) is 4.79 Å². The lowest BCUT2D eigenvalue weighted by molar-refractivity contribution is -0.122. The predicted molar refractivity (Wildman–Crippen MR) is 100 cm³/mol. The van der Waals surface area contributed by atoms with E-state index in [2.05, 4.69) is 46.6 Å². The quantitative estimate of drug-likeness (QED) is 0.832. The van der Waals surface area contributed by atoms with Crippen LogP contribution in [0.15, 0.2) is 47.8 Å². The van der Waals surface area contributed by atoms with Crippen molar-refractivity contribution in [3.05, 3.63) is 58.3 Å². The molecule has 4 heteroatoms. The molecule has 0 unspecified atom stereocenters. The van der Waals surface area contributed by atoms with Gasteiger partial charge >= 0.3 is 0 Å². The average molecular weight is 343 g/mol. The highest BCUT2D eigenvalue weighted by atomic mass is 32.1. The van der Waals surface area contributed by atoms with Gasteiger partial charge in [0.25, 0.3) is 0 Å². The van der Waals surface area contributed by atoms with E-state index in [1.165, 1.54) is 36.1 Å². The zero-order valence-electron chi connectivity index (χ0n) is 14.1. The number of hydrogen-bond acceptors (Lipinski definition) is 3. The topological polar surface area (TPSA) is 32.3 Å². The van der Waals surface area contributed by atoms with Gasteiger partial charge in [-0.05, 0) is 61.7 Å². The first-order valence-corrected chi connectivity index (χ1v) is 9.73. The maximum absolute atomic E-state index is 12.1. The molecule has 2 heterocycles. The molecule has 2 aromatic rings. The molecule has 0 bridgehead atoms. The van der Waals surface area contributed by atoms with Crippen LogP contribution in [-0.4, -0.2) is 30.4 Å². The maximum atomic E-state index is 12.1. The number of nitrogens with one attached hydrogen (secondary N) is 1. The number of nitrogens with zero attached hydrogens (tertiary/aromatic N) is 1. The van der Waals surface area contributed by atoms with Crippen LogP contribution >= 0.6 is 11.3 Å². The molecule has 1 amide bonds. The van der Waals surface area contributed by atoms with Gasteiger partial charge in [0.15, 0.2) is 0 Å². The van der Waals surface area contributed by atoms with E-state index in [1.54, 1.807) is 11.3 Å². The second-order valence-corrected chi connectivity index (χ2v) is 7.63. The van der Waals surface area contributed by atoms with Crippen LogP contribution in [-0.2, 0) is 17.8 Å². The normalized spacial score (nSPS) is 16.2. The summed E-state index contributed by atoms with van der Waals surface area (Å²) in [6, 6.07) is 14.8. The van der Waals surface area contributed by atoms with Gasteiger partial charge in [-0.2, -0.15) is 0 Å². The second-order valence-electron chi connectivity index (χ2n) is 6.60. The number of thiophene rings is 1. The zero-order valence-corrected chi connectivity index (χ0v) is 14.9. The molecule has 1 aliphatic rings. The van der Waals surface area contributed by atoms with Crippen LogP contribution in [0.4, 0.5) is 0 Å². The molecule has 128 valence electrons. The van der Waals surface area contributed by atoms with Gasteiger partial charge in [0.05, 0.1) is 13.1 Å². The highest BCUT2D eigenvalue weighted by Crippen LogP contribution is 2.22. The third kappa shape index (κ3) is 5.46. The standard InChI is InChI=1S/C20H26N2OS/c23-20(21-15-19-7-4-14-24-19)16-22-12-10-18(11-13-22)9-8-17-5-2-1-3-6-17/h1-7,14,18H,8-13,15-16H2,(H,21,23). The molecule has 24 heavy (non-hydrogen) atoms. The molecular weight excluding hydrogens is 316 g/mol. The molecule has 1 aromatic carbocycles. The number of carbonyl (C=O) groups is 1. The average Bonchev–Trinajstić information content (AvgIpc) is 3.14. The van der Waals surface area contributed by atoms with Crippen molar-refractivity contribution in [1.29, 1.82) is 0 Å². The van der Waals surface area contributed by atoms with Crippen LogP contribution in [0.5, 0.6) is 0 Å². The lowest BCUT2D eigenvalue weighted by Crippen LogP contribution is -2.41. The molecule has 1 N–H and O–H groups in total. The molecular formula is C20H26N2OS. The summed E-state index contributed by atoms with van der Waals surface area (Å²) in [4.78, 5) is 15.6. The number of piperidine rings is 1. The lowest BCUT2D eigenvalue weighted by atomic mass is 9.90. The number of hydrogen-bond donors (Lipinski definition) is 1. The molecule has 1 aliphatic heterocycles.